The van der Waals surface area contributed by atoms with Crippen LogP contribution in [0.4, 0.5) is 0 Å². The Labute approximate surface area is 173 Å². The molecule has 0 amide bonds. The Morgan fingerprint density at radius 3 is 2.93 bits per heavy atom. The Morgan fingerprint density at radius 1 is 1.43 bits per heavy atom. The molecule has 0 aromatic carbocycles. The van der Waals surface area contributed by atoms with Crippen molar-refractivity contribution in [3.63, 3.8) is 0 Å². The molecule has 4 aliphatic rings. The molecule has 30 heavy (non-hydrogen) atoms. The molecule has 2 aliphatic carbocycles. The van der Waals surface area contributed by atoms with Crippen LogP contribution in [0, 0.1) is 16.7 Å². The Balaban J connectivity index is 1.64. The van der Waals surface area contributed by atoms with Gasteiger partial charge in [0.05, 0.1) is 30.7 Å². The van der Waals surface area contributed by atoms with Crippen LogP contribution in [0.15, 0.2) is 46.8 Å². The standard InChI is InChI=1S/C22H24O8/c1-11-5-18-22-10-28-20(26)21(11,8-16(29-12(2)23)13-3-4-27-9-13)17(22)7-14(24)6-15(22)19(25)30-18/h3-4,6,9,14,16-18,20,24,26H,1,5,7-8,10H2,2H3/t14-,16+,17-,18+,20-,21-,22-/m0/s1. The van der Waals surface area contributed by atoms with Gasteiger partial charge in [-0.05, 0) is 24.5 Å². The van der Waals surface area contributed by atoms with Gasteiger partial charge in [0.15, 0.2) is 6.29 Å². The molecule has 2 saturated heterocycles. The van der Waals surface area contributed by atoms with Crippen LogP contribution < -0.4 is 0 Å². The second-order valence-corrected chi connectivity index (χ2v) is 8.74. The molecule has 5 rings (SSSR count). The highest BCUT2D eigenvalue weighted by Gasteiger charge is 2.72. The number of hydrogen-bond acceptors (Lipinski definition) is 8. The quantitative estimate of drug-likeness (QED) is 0.564. The molecule has 3 heterocycles. The molecule has 0 unspecified atom stereocenters. The zero-order valence-corrected chi connectivity index (χ0v) is 16.6. The third-order valence-electron chi connectivity index (χ3n) is 7.38. The molecule has 1 spiro atoms. The second-order valence-electron chi connectivity index (χ2n) is 8.74. The Hall–Kier alpha value is -2.42. The average molecular weight is 416 g/mol. The van der Waals surface area contributed by atoms with E-state index < -0.39 is 47.4 Å². The summed E-state index contributed by atoms with van der Waals surface area (Å²) in [5.74, 6) is -1.30. The maximum absolute atomic E-state index is 12.6. The van der Waals surface area contributed by atoms with Crippen molar-refractivity contribution in [3.8, 4) is 0 Å². The summed E-state index contributed by atoms with van der Waals surface area (Å²) in [7, 11) is 0. The summed E-state index contributed by atoms with van der Waals surface area (Å²) >= 11 is 0. The lowest BCUT2D eigenvalue weighted by atomic mass is 9.45. The maximum Gasteiger partial charge on any atom is 0.334 e. The third-order valence-corrected chi connectivity index (χ3v) is 7.38. The van der Waals surface area contributed by atoms with E-state index in [1.807, 2.05) is 0 Å². The van der Waals surface area contributed by atoms with Gasteiger partial charge in [-0.1, -0.05) is 12.2 Å². The smallest absolute Gasteiger partial charge is 0.334 e. The molecular weight excluding hydrogens is 392 g/mol. The summed E-state index contributed by atoms with van der Waals surface area (Å²) < 4.78 is 22.3. The molecule has 3 fully saturated rings. The van der Waals surface area contributed by atoms with Crippen LogP contribution in [0.5, 0.6) is 0 Å². The largest absolute Gasteiger partial charge is 0.472 e. The predicted molar refractivity (Wildman–Crippen MR) is 100 cm³/mol. The van der Waals surface area contributed by atoms with Crippen LogP contribution in [-0.2, 0) is 23.8 Å². The van der Waals surface area contributed by atoms with E-state index in [4.69, 9.17) is 18.6 Å². The monoisotopic (exact) mass is 416 g/mol. The van der Waals surface area contributed by atoms with Crippen molar-refractivity contribution in [1.29, 1.82) is 0 Å². The van der Waals surface area contributed by atoms with E-state index in [9.17, 15) is 19.8 Å². The molecule has 8 nitrogen and oxygen atoms in total. The van der Waals surface area contributed by atoms with E-state index in [0.29, 0.717) is 29.6 Å². The van der Waals surface area contributed by atoms with Gasteiger partial charge in [0.25, 0.3) is 0 Å². The molecule has 0 radical (unpaired) electrons. The molecule has 2 bridgehead atoms. The van der Waals surface area contributed by atoms with E-state index in [1.54, 1.807) is 12.1 Å². The minimum absolute atomic E-state index is 0.118. The van der Waals surface area contributed by atoms with Gasteiger partial charge in [-0.3, -0.25) is 4.79 Å². The minimum atomic E-state index is -1.23. The van der Waals surface area contributed by atoms with Crippen molar-refractivity contribution in [3.05, 3.63) is 48.0 Å². The molecule has 8 heteroatoms. The van der Waals surface area contributed by atoms with Crippen LogP contribution in [0.1, 0.15) is 37.9 Å². The first-order valence-corrected chi connectivity index (χ1v) is 10.1. The average Bonchev–Trinajstić information content (AvgIpc) is 3.29. The summed E-state index contributed by atoms with van der Waals surface area (Å²) in [5.41, 5.74) is -0.0993. The lowest BCUT2D eigenvalue weighted by molar-refractivity contribution is -0.284. The fraction of sp³-hybridized carbons (Fsp3) is 0.545. The summed E-state index contributed by atoms with van der Waals surface area (Å²) in [6, 6.07) is 1.70. The molecule has 1 saturated carbocycles. The van der Waals surface area contributed by atoms with Gasteiger partial charge in [-0.25, -0.2) is 4.79 Å². The molecular formula is C22H24O8. The molecule has 1 aromatic rings. The summed E-state index contributed by atoms with van der Waals surface area (Å²) in [6.45, 7) is 5.67. The van der Waals surface area contributed by atoms with Crippen molar-refractivity contribution >= 4 is 11.9 Å². The number of aliphatic hydroxyl groups is 2. The van der Waals surface area contributed by atoms with E-state index in [2.05, 4.69) is 6.58 Å². The summed E-state index contributed by atoms with van der Waals surface area (Å²) in [6.07, 6.45) is 2.14. The van der Waals surface area contributed by atoms with Crippen LogP contribution >= 0.6 is 0 Å². The van der Waals surface area contributed by atoms with Gasteiger partial charge in [0, 0.05) is 36.3 Å². The first-order chi connectivity index (χ1) is 14.3. The maximum atomic E-state index is 12.6. The number of carbonyl (C=O) groups is 2. The number of ether oxygens (including phenoxy) is 3. The van der Waals surface area contributed by atoms with E-state index in [0.717, 1.165) is 0 Å². The van der Waals surface area contributed by atoms with Crippen molar-refractivity contribution in [2.45, 2.75) is 50.8 Å². The SMILES string of the molecule is C=C1C[C@H]2OC(=O)C3=C[C@H](O)C[C@H]4[C@@]1(C[C@@H](OC(C)=O)c1ccoc1)[C@@H](O)OC[C@]342. The van der Waals surface area contributed by atoms with Crippen LogP contribution in [0.3, 0.4) is 0 Å². The number of furan rings is 1. The highest BCUT2D eigenvalue weighted by Crippen LogP contribution is 2.69. The number of aliphatic hydroxyl groups excluding tert-OH is 2. The van der Waals surface area contributed by atoms with Gasteiger partial charge in [-0.2, -0.15) is 0 Å². The summed E-state index contributed by atoms with van der Waals surface area (Å²) in [4.78, 5) is 24.4. The number of carbonyl (C=O) groups excluding carboxylic acids is 2. The van der Waals surface area contributed by atoms with Gasteiger partial charge >= 0.3 is 11.9 Å². The number of esters is 2. The van der Waals surface area contributed by atoms with Crippen LogP contribution in [-0.4, -0.2) is 47.3 Å². The van der Waals surface area contributed by atoms with Crippen molar-refractivity contribution in [2.75, 3.05) is 6.61 Å². The first-order valence-electron chi connectivity index (χ1n) is 10.1. The van der Waals surface area contributed by atoms with Crippen LogP contribution in [0.2, 0.25) is 0 Å². The fourth-order valence-corrected chi connectivity index (χ4v) is 6.13. The summed E-state index contributed by atoms with van der Waals surface area (Å²) in [5, 5.41) is 21.7. The Bertz CT molecular complexity index is 933. The minimum Gasteiger partial charge on any atom is -0.472 e. The predicted octanol–water partition coefficient (Wildman–Crippen LogP) is 1.79. The van der Waals surface area contributed by atoms with Gasteiger partial charge in [-0.15, -0.1) is 0 Å². The van der Waals surface area contributed by atoms with Gasteiger partial charge in [0.2, 0.25) is 0 Å². The Kier molecular flexibility index (Phi) is 4.26. The first kappa shape index (κ1) is 19.5. The molecule has 160 valence electrons. The van der Waals surface area contributed by atoms with E-state index in [1.165, 1.54) is 19.5 Å². The Morgan fingerprint density at radius 2 is 2.23 bits per heavy atom. The normalized spacial score (nSPS) is 40.3. The van der Waals surface area contributed by atoms with Crippen molar-refractivity contribution < 1.29 is 38.4 Å². The zero-order valence-electron chi connectivity index (χ0n) is 16.6. The molecule has 2 N–H and O–H groups in total. The third kappa shape index (κ3) is 2.44. The van der Waals surface area contributed by atoms with E-state index >= 15 is 0 Å². The van der Waals surface area contributed by atoms with Crippen LogP contribution in [0.25, 0.3) is 0 Å². The van der Waals surface area contributed by atoms with Gasteiger partial charge < -0.3 is 28.8 Å². The number of hydrogen-bond donors (Lipinski definition) is 2. The van der Waals surface area contributed by atoms with Crippen molar-refractivity contribution in [2.24, 2.45) is 16.7 Å². The molecule has 2 aliphatic heterocycles. The highest BCUT2D eigenvalue weighted by molar-refractivity contribution is 5.93. The zero-order chi connectivity index (χ0) is 21.3. The molecule has 1 aromatic heterocycles. The van der Waals surface area contributed by atoms with Crippen molar-refractivity contribution in [1.82, 2.24) is 0 Å². The van der Waals surface area contributed by atoms with Gasteiger partial charge in [0.1, 0.15) is 12.2 Å². The highest BCUT2D eigenvalue weighted by atomic mass is 16.6. The second kappa shape index (κ2) is 6.54. The topological polar surface area (TPSA) is 115 Å². The lowest BCUT2D eigenvalue weighted by Crippen LogP contribution is -2.66. The fourth-order valence-electron chi connectivity index (χ4n) is 6.13. The lowest BCUT2D eigenvalue weighted by Gasteiger charge is -2.62. The molecule has 7 atom stereocenters. The number of rotatable bonds is 4. The van der Waals surface area contributed by atoms with E-state index in [-0.39, 0.29) is 18.9 Å².